The second-order valence-electron chi connectivity index (χ2n) is 3.22. The van der Waals surface area contributed by atoms with Crippen molar-refractivity contribution < 1.29 is 9.47 Å². The SMILES string of the molecule is N#Cc1nc(-c2ccc3c(c2)OCO3)cs1. The fraction of sp³-hybridized carbons (Fsp3) is 0.0909. The summed E-state index contributed by atoms with van der Waals surface area (Å²) in [5.41, 5.74) is 1.72. The molecular formula is C11H6N2O2S. The number of rotatable bonds is 1. The van der Waals surface area contributed by atoms with Crippen LogP contribution in [0.25, 0.3) is 11.3 Å². The lowest BCUT2D eigenvalue weighted by Crippen LogP contribution is -1.92. The molecule has 16 heavy (non-hydrogen) atoms. The van der Waals surface area contributed by atoms with Crippen molar-refractivity contribution in [2.45, 2.75) is 0 Å². The maximum absolute atomic E-state index is 8.71. The van der Waals surface area contributed by atoms with E-state index in [9.17, 15) is 0 Å². The molecule has 2 aromatic rings. The van der Waals surface area contributed by atoms with Crippen LogP contribution < -0.4 is 9.47 Å². The van der Waals surface area contributed by atoms with E-state index in [0.717, 1.165) is 22.8 Å². The van der Waals surface area contributed by atoms with Gasteiger partial charge in [-0.15, -0.1) is 11.3 Å². The minimum atomic E-state index is 0.263. The topological polar surface area (TPSA) is 55.1 Å². The first-order valence-electron chi connectivity index (χ1n) is 4.62. The van der Waals surface area contributed by atoms with Crippen LogP contribution in [-0.4, -0.2) is 11.8 Å². The van der Waals surface area contributed by atoms with Crippen molar-refractivity contribution in [2.24, 2.45) is 0 Å². The van der Waals surface area contributed by atoms with Crippen LogP contribution >= 0.6 is 11.3 Å². The van der Waals surface area contributed by atoms with Crippen LogP contribution in [0.15, 0.2) is 23.6 Å². The Morgan fingerprint density at radius 2 is 2.19 bits per heavy atom. The van der Waals surface area contributed by atoms with Crippen LogP contribution in [0.3, 0.4) is 0 Å². The van der Waals surface area contributed by atoms with Crippen LogP contribution in [0.4, 0.5) is 0 Å². The highest BCUT2D eigenvalue weighted by molar-refractivity contribution is 7.10. The number of nitrogens with zero attached hydrogens (tertiary/aromatic N) is 2. The first-order chi connectivity index (χ1) is 7.86. The lowest BCUT2D eigenvalue weighted by Gasteiger charge is -1.98. The molecule has 0 fully saturated rings. The summed E-state index contributed by atoms with van der Waals surface area (Å²) in [4.78, 5) is 4.19. The normalized spacial score (nSPS) is 12.4. The Hall–Kier alpha value is -2.06. The molecule has 1 aliphatic heterocycles. The van der Waals surface area contributed by atoms with Gasteiger partial charge in [-0.2, -0.15) is 5.26 Å². The van der Waals surface area contributed by atoms with Crippen LogP contribution in [0.5, 0.6) is 11.5 Å². The number of hydrogen-bond acceptors (Lipinski definition) is 5. The molecule has 0 amide bonds. The first kappa shape index (κ1) is 9.19. The van der Waals surface area contributed by atoms with Gasteiger partial charge in [0.25, 0.3) is 0 Å². The van der Waals surface area contributed by atoms with E-state index in [0.29, 0.717) is 5.01 Å². The molecule has 2 heterocycles. The Kier molecular flexibility index (Phi) is 2.01. The lowest BCUT2D eigenvalue weighted by atomic mass is 10.1. The summed E-state index contributed by atoms with van der Waals surface area (Å²) in [5.74, 6) is 1.48. The molecule has 78 valence electrons. The average Bonchev–Trinajstić information content (AvgIpc) is 2.96. The summed E-state index contributed by atoms with van der Waals surface area (Å²) in [7, 11) is 0. The maximum atomic E-state index is 8.71. The second-order valence-corrected chi connectivity index (χ2v) is 4.08. The highest BCUT2D eigenvalue weighted by Crippen LogP contribution is 2.35. The molecule has 0 saturated carbocycles. The third-order valence-electron chi connectivity index (χ3n) is 2.27. The van der Waals surface area contributed by atoms with E-state index in [2.05, 4.69) is 4.98 Å². The van der Waals surface area contributed by atoms with Crippen molar-refractivity contribution in [2.75, 3.05) is 6.79 Å². The van der Waals surface area contributed by atoms with Crippen LogP contribution in [0, 0.1) is 11.3 Å². The van der Waals surface area contributed by atoms with Gasteiger partial charge < -0.3 is 9.47 Å². The zero-order chi connectivity index (χ0) is 11.0. The largest absolute Gasteiger partial charge is 0.454 e. The monoisotopic (exact) mass is 230 g/mol. The average molecular weight is 230 g/mol. The number of hydrogen-bond donors (Lipinski definition) is 0. The number of aromatic nitrogens is 1. The number of fused-ring (bicyclic) bond motifs is 1. The predicted molar refractivity (Wildman–Crippen MR) is 58.4 cm³/mol. The van der Waals surface area contributed by atoms with Gasteiger partial charge in [0, 0.05) is 10.9 Å². The second kappa shape index (κ2) is 3.51. The Bertz CT molecular complexity index is 586. The Morgan fingerprint density at radius 3 is 3.00 bits per heavy atom. The lowest BCUT2D eigenvalue weighted by molar-refractivity contribution is 0.174. The quantitative estimate of drug-likeness (QED) is 0.754. The zero-order valence-corrected chi connectivity index (χ0v) is 8.95. The maximum Gasteiger partial charge on any atom is 0.231 e. The smallest absolute Gasteiger partial charge is 0.231 e. The minimum Gasteiger partial charge on any atom is -0.454 e. The Labute approximate surface area is 95.7 Å². The summed E-state index contributed by atoms with van der Waals surface area (Å²) in [6, 6.07) is 7.65. The molecule has 3 rings (SSSR count). The molecule has 0 unspecified atom stereocenters. The standard InChI is InChI=1S/C11H6N2O2S/c12-4-11-13-8(5-16-11)7-1-2-9-10(3-7)15-6-14-9/h1-3,5H,6H2. The number of ether oxygens (including phenoxy) is 2. The van der Waals surface area contributed by atoms with Crippen LogP contribution in [0.2, 0.25) is 0 Å². The van der Waals surface area contributed by atoms with E-state index in [1.165, 1.54) is 11.3 Å². The van der Waals surface area contributed by atoms with Gasteiger partial charge in [-0.25, -0.2) is 4.98 Å². The molecule has 0 bridgehead atoms. The van der Waals surface area contributed by atoms with Crippen molar-refractivity contribution in [1.82, 2.24) is 4.98 Å². The van der Waals surface area contributed by atoms with Gasteiger partial charge in [-0.1, -0.05) is 0 Å². The van der Waals surface area contributed by atoms with E-state index in [4.69, 9.17) is 14.7 Å². The number of nitriles is 1. The van der Waals surface area contributed by atoms with Crippen molar-refractivity contribution in [3.05, 3.63) is 28.6 Å². The van der Waals surface area contributed by atoms with E-state index < -0.39 is 0 Å². The molecule has 4 nitrogen and oxygen atoms in total. The molecular weight excluding hydrogens is 224 g/mol. The van der Waals surface area contributed by atoms with Crippen molar-refractivity contribution in [3.8, 4) is 28.8 Å². The molecule has 0 radical (unpaired) electrons. The van der Waals surface area contributed by atoms with Gasteiger partial charge in [0.1, 0.15) is 6.07 Å². The van der Waals surface area contributed by atoms with Gasteiger partial charge >= 0.3 is 0 Å². The van der Waals surface area contributed by atoms with E-state index >= 15 is 0 Å². The Balaban J connectivity index is 2.04. The highest BCUT2D eigenvalue weighted by atomic mass is 32.1. The molecule has 0 aliphatic carbocycles. The number of thiazole rings is 1. The van der Waals surface area contributed by atoms with E-state index in [1.807, 2.05) is 29.6 Å². The molecule has 0 saturated heterocycles. The van der Waals surface area contributed by atoms with Gasteiger partial charge in [0.05, 0.1) is 5.69 Å². The Morgan fingerprint density at radius 1 is 1.31 bits per heavy atom. The summed E-state index contributed by atoms with van der Waals surface area (Å²) < 4.78 is 10.5. The molecule has 1 aliphatic rings. The zero-order valence-electron chi connectivity index (χ0n) is 8.14. The highest BCUT2D eigenvalue weighted by Gasteiger charge is 2.14. The van der Waals surface area contributed by atoms with Gasteiger partial charge in [-0.05, 0) is 18.2 Å². The third kappa shape index (κ3) is 1.40. The molecule has 0 atom stereocenters. The van der Waals surface area contributed by atoms with E-state index in [1.54, 1.807) is 0 Å². The molecule has 1 aromatic carbocycles. The molecule has 0 spiro atoms. The fourth-order valence-corrected chi connectivity index (χ4v) is 2.13. The van der Waals surface area contributed by atoms with Crippen molar-refractivity contribution >= 4 is 11.3 Å². The summed E-state index contributed by atoms with van der Waals surface area (Å²) in [6.45, 7) is 0.263. The summed E-state index contributed by atoms with van der Waals surface area (Å²) in [5, 5.41) is 11.0. The van der Waals surface area contributed by atoms with Gasteiger partial charge in [-0.3, -0.25) is 0 Å². The van der Waals surface area contributed by atoms with E-state index in [-0.39, 0.29) is 6.79 Å². The fourth-order valence-electron chi connectivity index (χ4n) is 1.51. The van der Waals surface area contributed by atoms with Crippen molar-refractivity contribution in [1.29, 1.82) is 5.26 Å². The summed E-state index contributed by atoms with van der Waals surface area (Å²) in [6.07, 6.45) is 0. The molecule has 5 heteroatoms. The van der Waals surface area contributed by atoms with Crippen molar-refractivity contribution in [3.63, 3.8) is 0 Å². The van der Waals surface area contributed by atoms with Gasteiger partial charge in [0.15, 0.2) is 16.5 Å². The molecule has 0 N–H and O–H groups in total. The third-order valence-corrected chi connectivity index (χ3v) is 3.02. The summed E-state index contributed by atoms with van der Waals surface area (Å²) >= 11 is 1.33. The molecule has 1 aromatic heterocycles. The number of benzene rings is 1. The van der Waals surface area contributed by atoms with Crippen LogP contribution in [-0.2, 0) is 0 Å². The first-order valence-corrected chi connectivity index (χ1v) is 5.50. The van der Waals surface area contributed by atoms with Gasteiger partial charge in [0.2, 0.25) is 6.79 Å². The minimum absolute atomic E-state index is 0.263. The predicted octanol–water partition coefficient (Wildman–Crippen LogP) is 2.41. The van der Waals surface area contributed by atoms with Crippen LogP contribution in [0.1, 0.15) is 5.01 Å².